The van der Waals surface area contributed by atoms with Gasteiger partial charge in [-0.05, 0) is 31.2 Å². The van der Waals surface area contributed by atoms with Gasteiger partial charge in [0.05, 0.1) is 23.0 Å². The number of nitriles is 1. The van der Waals surface area contributed by atoms with E-state index in [1.165, 1.54) is 6.21 Å². The van der Waals surface area contributed by atoms with E-state index in [1.54, 1.807) is 24.0 Å². The average molecular weight is 493 g/mol. The standard InChI is InChI=1S/C27H28N10/c1-19-31-6-5-24(34-19)18-35-7-9-36(10-8-35)26-4-3-20(15-32-26)25-11-21(22(12-28)14-30-2)17-37-27(25)23(13-29)16-33-37/h3-6,11-12,14-17,28,30H,7-10,18H2,1-2H3/b22-14+,28-12?. The van der Waals surface area contributed by atoms with Crippen molar-refractivity contribution in [3.8, 4) is 17.2 Å². The van der Waals surface area contributed by atoms with Crippen LogP contribution in [0.2, 0.25) is 0 Å². The third kappa shape index (κ3) is 5.03. The van der Waals surface area contributed by atoms with E-state index < -0.39 is 0 Å². The SMILES string of the molecule is CN/C=C(\C=N)c1cc(-c2ccc(N3CCN(Cc4ccnc(C)n4)CC3)nc2)c2c(C#N)cnn2c1. The number of piperazine rings is 1. The number of anilines is 1. The van der Waals surface area contributed by atoms with Crippen LogP contribution in [-0.2, 0) is 6.54 Å². The van der Waals surface area contributed by atoms with Crippen LogP contribution in [0, 0.1) is 23.7 Å². The molecular formula is C27H28N10. The Morgan fingerprint density at radius 1 is 1.16 bits per heavy atom. The van der Waals surface area contributed by atoms with Crippen molar-refractivity contribution in [2.45, 2.75) is 13.5 Å². The van der Waals surface area contributed by atoms with E-state index in [1.807, 2.05) is 49.8 Å². The Kier molecular flexibility index (Phi) is 6.87. The molecule has 37 heavy (non-hydrogen) atoms. The smallest absolute Gasteiger partial charge is 0.128 e. The van der Waals surface area contributed by atoms with Gasteiger partial charge in [0.2, 0.25) is 0 Å². The second-order valence-electron chi connectivity index (χ2n) is 8.90. The number of pyridine rings is 2. The minimum atomic E-state index is 0.495. The number of nitrogens with zero attached hydrogens (tertiary/aromatic N) is 8. The van der Waals surface area contributed by atoms with Crippen molar-refractivity contribution < 1.29 is 0 Å². The third-order valence-corrected chi connectivity index (χ3v) is 6.50. The molecular weight excluding hydrogens is 464 g/mol. The molecule has 4 aromatic rings. The van der Waals surface area contributed by atoms with Crippen LogP contribution in [0.15, 0.2) is 55.3 Å². The van der Waals surface area contributed by atoms with Crippen molar-refractivity contribution in [3.05, 3.63) is 77.9 Å². The van der Waals surface area contributed by atoms with Gasteiger partial charge in [-0.3, -0.25) is 4.90 Å². The van der Waals surface area contributed by atoms with E-state index in [9.17, 15) is 5.26 Å². The lowest BCUT2D eigenvalue weighted by molar-refractivity contribution is 0.246. The summed E-state index contributed by atoms with van der Waals surface area (Å²) in [5.41, 5.74) is 5.53. The number of rotatable bonds is 7. The van der Waals surface area contributed by atoms with E-state index in [2.05, 4.69) is 36.3 Å². The van der Waals surface area contributed by atoms with Gasteiger partial charge in [0, 0.05) is 93.0 Å². The summed E-state index contributed by atoms with van der Waals surface area (Å²) in [6.45, 7) is 6.37. The maximum Gasteiger partial charge on any atom is 0.128 e. The van der Waals surface area contributed by atoms with E-state index in [4.69, 9.17) is 10.4 Å². The highest BCUT2D eigenvalue weighted by molar-refractivity contribution is 6.08. The predicted molar refractivity (Wildman–Crippen MR) is 143 cm³/mol. The lowest BCUT2D eigenvalue weighted by Gasteiger charge is -2.35. The van der Waals surface area contributed by atoms with Crippen LogP contribution in [0.5, 0.6) is 0 Å². The lowest BCUT2D eigenvalue weighted by atomic mass is 10.0. The number of aryl methyl sites for hydroxylation is 1. The molecule has 0 unspecified atom stereocenters. The van der Waals surface area contributed by atoms with E-state index >= 15 is 0 Å². The molecule has 0 spiro atoms. The number of fused-ring (bicyclic) bond motifs is 1. The van der Waals surface area contributed by atoms with Gasteiger partial charge < -0.3 is 15.6 Å². The molecule has 0 radical (unpaired) electrons. The Bertz CT molecular complexity index is 1490. The first kappa shape index (κ1) is 24.1. The van der Waals surface area contributed by atoms with Gasteiger partial charge >= 0.3 is 0 Å². The van der Waals surface area contributed by atoms with Crippen LogP contribution in [0.3, 0.4) is 0 Å². The number of hydrogen-bond acceptors (Lipinski definition) is 9. The number of allylic oxidation sites excluding steroid dienone is 1. The summed E-state index contributed by atoms with van der Waals surface area (Å²) in [4.78, 5) is 18.2. The fourth-order valence-electron chi connectivity index (χ4n) is 4.63. The zero-order valence-electron chi connectivity index (χ0n) is 20.9. The Hall–Kier alpha value is -4.62. The third-order valence-electron chi connectivity index (χ3n) is 6.50. The van der Waals surface area contributed by atoms with Crippen molar-refractivity contribution >= 4 is 23.1 Å². The van der Waals surface area contributed by atoms with Gasteiger partial charge in [-0.15, -0.1) is 0 Å². The topological polar surface area (TPSA) is 122 Å². The van der Waals surface area contributed by atoms with Crippen molar-refractivity contribution in [2.75, 3.05) is 38.1 Å². The van der Waals surface area contributed by atoms with Gasteiger partial charge in [0.1, 0.15) is 17.7 Å². The van der Waals surface area contributed by atoms with Crippen LogP contribution in [0.1, 0.15) is 22.6 Å². The second-order valence-corrected chi connectivity index (χ2v) is 8.90. The highest BCUT2D eigenvalue weighted by Crippen LogP contribution is 2.30. The number of nitrogens with one attached hydrogen (secondary N) is 2. The zero-order chi connectivity index (χ0) is 25.8. The van der Waals surface area contributed by atoms with Crippen LogP contribution in [-0.4, -0.2) is 68.9 Å². The van der Waals surface area contributed by atoms with Crippen LogP contribution in [0.4, 0.5) is 5.82 Å². The van der Waals surface area contributed by atoms with Gasteiger partial charge in [-0.2, -0.15) is 10.4 Å². The first-order valence-electron chi connectivity index (χ1n) is 12.1. The Morgan fingerprint density at radius 3 is 2.68 bits per heavy atom. The lowest BCUT2D eigenvalue weighted by Crippen LogP contribution is -2.46. The molecule has 10 heteroatoms. The molecule has 0 atom stereocenters. The minimum Gasteiger partial charge on any atom is -0.393 e. The quantitative estimate of drug-likeness (QED) is 0.378. The molecule has 10 nitrogen and oxygen atoms in total. The largest absolute Gasteiger partial charge is 0.393 e. The monoisotopic (exact) mass is 492 g/mol. The summed E-state index contributed by atoms with van der Waals surface area (Å²) in [7, 11) is 1.80. The molecule has 0 bridgehead atoms. The van der Waals surface area contributed by atoms with Crippen molar-refractivity contribution in [3.63, 3.8) is 0 Å². The van der Waals surface area contributed by atoms with Crippen molar-refractivity contribution in [1.82, 2.24) is 34.8 Å². The van der Waals surface area contributed by atoms with Crippen LogP contribution < -0.4 is 10.2 Å². The fourth-order valence-corrected chi connectivity index (χ4v) is 4.63. The summed E-state index contributed by atoms with van der Waals surface area (Å²) >= 11 is 0. The van der Waals surface area contributed by atoms with Gasteiger partial charge in [0.15, 0.2) is 0 Å². The summed E-state index contributed by atoms with van der Waals surface area (Å²) in [6.07, 6.45) is 10.1. The molecule has 5 heterocycles. The minimum absolute atomic E-state index is 0.495. The molecule has 186 valence electrons. The summed E-state index contributed by atoms with van der Waals surface area (Å²) in [6, 6.07) is 10.3. The molecule has 0 amide bonds. The van der Waals surface area contributed by atoms with Crippen LogP contribution >= 0.6 is 0 Å². The summed E-state index contributed by atoms with van der Waals surface area (Å²) < 4.78 is 1.70. The molecule has 2 N–H and O–H groups in total. The highest BCUT2D eigenvalue weighted by atomic mass is 15.3. The zero-order valence-corrected chi connectivity index (χ0v) is 20.9. The predicted octanol–water partition coefficient (Wildman–Crippen LogP) is 2.90. The van der Waals surface area contributed by atoms with E-state index in [0.717, 1.165) is 72.3 Å². The fraction of sp³-hybridized carbons (Fsp3) is 0.259. The van der Waals surface area contributed by atoms with Gasteiger partial charge in [0.25, 0.3) is 0 Å². The molecule has 0 saturated carbocycles. The Labute approximate surface area is 215 Å². The number of hydrogen-bond donors (Lipinski definition) is 2. The van der Waals surface area contributed by atoms with Gasteiger partial charge in [-0.25, -0.2) is 19.5 Å². The Balaban J connectivity index is 1.37. The molecule has 1 saturated heterocycles. The maximum atomic E-state index is 9.65. The summed E-state index contributed by atoms with van der Waals surface area (Å²) in [5, 5.41) is 24.8. The highest BCUT2D eigenvalue weighted by Gasteiger charge is 2.20. The first-order valence-corrected chi connectivity index (χ1v) is 12.1. The first-order chi connectivity index (χ1) is 18.1. The molecule has 5 rings (SSSR count). The van der Waals surface area contributed by atoms with E-state index in [-0.39, 0.29) is 0 Å². The molecule has 0 aromatic carbocycles. The maximum absolute atomic E-state index is 9.65. The summed E-state index contributed by atoms with van der Waals surface area (Å²) in [5.74, 6) is 1.73. The Morgan fingerprint density at radius 2 is 2.00 bits per heavy atom. The number of aromatic nitrogens is 5. The van der Waals surface area contributed by atoms with Crippen LogP contribution in [0.25, 0.3) is 22.2 Å². The molecule has 4 aromatic heterocycles. The molecule has 1 aliphatic rings. The molecule has 1 fully saturated rings. The van der Waals surface area contributed by atoms with Crippen molar-refractivity contribution in [2.24, 2.45) is 0 Å². The second kappa shape index (κ2) is 10.6. The van der Waals surface area contributed by atoms with E-state index in [0.29, 0.717) is 11.1 Å². The normalized spacial score (nSPS) is 14.5. The average Bonchev–Trinajstić information content (AvgIpc) is 3.35. The molecule has 0 aliphatic carbocycles. The van der Waals surface area contributed by atoms with Crippen molar-refractivity contribution in [1.29, 1.82) is 10.7 Å². The molecule has 1 aliphatic heterocycles. The van der Waals surface area contributed by atoms with Gasteiger partial charge in [-0.1, -0.05) is 0 Å².